The Kier molecular flexibility index (Phi) is 4.48. The quantitative estimate of drug-likeness (QED) is 0.564. The Morgan fingerprint density at radius 2 is 2.15 bits per heavy atom. The van der Waals surface area contributed by atoms with E-state index in [0.29, 0.717) is 43.1 Å². The first-order valence-electron chi connectivity index (χ1n) is 8.55. The number of hydrogen-bond donors (Lipinski definition) is 0. The number of pyridine rings is 1. The van der Waals surface area contributed by atoms with Gasteiger partial charge >= 0.3 is 0 Å². The van der Waals surface area contributed by atoms with Crippen molar-refractivity contribution in [3.63, 3.8) is 0 Å². The smallest absolute Gasteiger partial charge is 0.249 e. The van der Waals surface area contributed by atoms with Gasteiger partial charge in [0.25, 0.3) is 0 Å². The zero-order valence-corrected chi connectivity index (χ0v) is 15.8. The van der Waals surface area contributed by atoms with Crippen LogP contribution in [0.5, 0.6) is 0 Å². The average Bonchev–Trinajstić information content (AvgIpc) is 2.94. The molecule has 4 heterocycles. The Morgan fingerprint density at radius 3 is 2.92 bits per heavy atom. The highest BCUT2D eigenvalue weighted by Gasteiger charge is 2.33. The molecular weight excluding hydrogens is 383 g/mol. The van der Waals surface area contributed by atoms with E-state index >= 15 is 0 Å². The fourth-order valence-corrected chi connectivity index (χ4v) is 4.39. The van der Waals surface area contributed by atoms with Crippen molar-refractivity contribution in [3.05, 3.63) is 16.7 Å². The highest BCUT2D eigenvalue weighted by Crippen LogP contribution is 2.37. The summed E-state index contributed by atoms with van der Waals surface area (Å²) in [6.45, 7) is 3.28. The Morgan fingerprint density at radius 1 is 1.35 bits per heavy atom. The lowest BCUT2D eigenvalue weighted by molar-refractivity contribution is 0.132. The molecule has 2 aromatic rings. The molecule has 0 bridgehead atoms. The average molecular weight is 401 g/mol. The van der Waals surface area contributed by atoms with Gasteiger partial charge in [-0.25, -0.2) is 27.8 Å². The van der Waals surface area contributed by atoms with Crippen molar-refractivity contribution in [2.24, 2.45) is 0 Å². The number of rotatable bonds is 2. The van der Waals surface area contributed by atoms with Crippen LogP contribution in [0.1, 0.15) is 25.5 Å². The zero-order valence-electron chi connectivity index (χ0n) is 14.2. The van der Waals surface area contributed by atoms with Crippen LogP contribution >= 0.6 is 11.6 Å². The summed E-state index contributed by atoms with van der Waals surface area (Å²) in [6, 6.07) is 0.0174. The maximum absolute atomic E-state index is 14.7. The molecule has 26 heavy (non-hydrogen) atoms. The van der Waals surface area contributed by atoms with Crippen LogP contribution in [0, 0.1) is 5.82 Å². The molecule has 7 nitrogen and oxygen atoms in total. The number of hydrogen-bond acceptors (Lipinski definition) is 7. The molecule has 10 heteroatoms. The molecule has 2 aliphatic rings. The molecule has 0 unspecified atom stereocenters. The molecule has 140 valence electrons. The van der Waals surface area contributed by atoms with Crippen LogP contribution in [0.3, 0.4) is 0 Å². The fraction of sp³-hybridized carbons (Fsp3) is 0.562. The second kappa shape index (κ2) is 6.54. The van der Waals surface area contributed by atoms with E-state index in [1.54, 1.807) is 0 Å². The van der Waals surface area contributed by atoms with E-state index in [0.717, 1.165) is 12.8 Å². The van der Waals surface area contributed by atoms with Gasteiger partial charge in [0.2, 0.25) is 15.0 Å². The summed E-state index contributed by atoms with van der Waals surface area (Å²) in [5, 5.41) is -0.225. The van der Waals surface area contributed by atoms with Gasteiger partial charge in [0.1, 0.15) is 11.3 Å². The fourth-order valence-electron chi connectivity index (χ4n) is 3.48. The third kappa shape index (κ3) is 2.82. The van der Waals surface area contributed by atoms with Crippen molar-refractivity contribution in [1.82, 2.24) is 15.0 Å². The van der Waals surface area contributed by atoms with E-state index in [1.807, 2.05) is 4.90 Å². The van der Waals surface area contributed by atoms with Gasteiger partial charge in [-0.15, -0.1) is 0 Å². The maximum Gasteiger partial charge on any atom is 0.249 e. The third-order valence-electron chi connectivity index (χ3n) is 4.86. The van der Waals surface area contributed by atoms with Gasteiger partial charge in [0, 0.05) is 13.2 Å². The largest absolute Gasteiger partial charge is 0.379 e. The number of aryl methyl sites for hydroxylation is 1. The maximum atomic E-state index is 14.7. The molecule has 1 saturated heterocycles. The number of aromatic nitrogens is 3. The lowest BCUT2D eigenvalue weighted by atomic mass is 10.1. The van der Waals surface area contributed by atoms with Crippen LogP contribution in [0.25, 0.3) is 10.9 Å². The van der Waals surface area contributed by atoms with E-state index in [2.05, 4.69) is 15.0 Å². The number of fused-ring (bicyclic) bond motifs is 2. The Labute approximate surface area is 155 Å². The zero-order chi connectivity index (χ0) is 18.5. The number of halogens is 2. The summed E-state index contributed by atoms with van der Waals surface area (Å²) in [5.74, 6) is -0.572. The number of ether oxygens (including phenoxy) is 1. The van der Waals surface area contributed by atoms with Gasteiger partial charge < -0.3 is 9.64 Å². The number of sulfone groups is 1. The molecule has 0 radical (unpaired) electrons. The van der Waals surface area contributed by atoms with Gasteiger partial charge in [0.05, 0.1) is 29.5 Å². The Balaban J connectivity index is 2.07. The number of anilines is 1. The molecule has 1 atom stereocenters. The van der Waals surface area contributed by atoms with E-state index in [-0.39, 0.29) is 27.6 Å². The van der Waals surface area contributed by atoms with E-state index in [9.17, 15) is 12.8 Å². The van der Waals surface area contributed by atoms with E-state index < -0.39 is 15.7 Å². The summed E-state index contributed by atoms with van der Waals surface area (Å²) in [4.78, 5) is 14.6. The molecule has 0 spiro atoms. The second-order valence-electron chi connectivity index (χ2n) is 6.43. The van der Waals surface area contributed by atoms with Gasteiger partial charge in [-0.1, -0.05) is 18.5 Å². The minimum atomic E-state index is -3.71. The van der Waals surface area contributed by atoms with Gasteiger partial charge in [-0.3, -0.25) is 0 Å². The molecule has 0 amide bonds. The van der Waals surface area contributed by atoms with Gasteiger partial charge in [0.15, 0.2) is 11.0 Å². The van der Waals surface area contributed by atoms with Crippen LogP contribution in [-0.2, 0) is 21.0 Å². The van der Waals surface area contributed by atoms with Crippen molar-refractivity contribution in [2.75, 3.05) is 30.4 Å². The SMILES string of the molecule is CCS(=O)(=O)c1nc2c3c(nc(Cl)c(F)c3n1)CC[C@H]1COCCCN21. The van der Waals surface area contributed by atoms with Gasteiger partial charge in [-0.2, -0.15) is 0 Å². The van der Waals surface area contributed by atoms with Crippen LogP contribution in [0.4, 0.5) is 10.2 Å². The standard InChI is InChI=1S/C16H18ClFN4O3S/c1-2-26(23,24)16-20-13-11-10(19-14(17)12(13)18)5-4-9-8-25-7-3-6-22(9)15(11)21-16/h9H,2-8H2,1H3/t9-/m0/s1. The molecule has 0 N–H and O–H groups in total. The molecule has 0 saturated carbocycles. The first kappa shape index (κ1) is 17.8. The first-order chi connectivity index (χ1) is 12.4. The summed E-state index contributed by atoms with van der Waals surface area (Å²) in [6.07, 6.45) is 2.07. The summed E-state index contributed by atoms with van der Waals surface area (Å²) in [7, 11) is -3.71. The minimum absolute atomic E-state index is 0.0174. The lowest BCUT2D eigenvalue weighted by Gasteiger charge is -2.29. The molecule has 2 aromatic heterocycles. The summed E-state index contributed by atoms with van der Waals surface area (Å²) < 4.78 is 45.1. The van der Waals surface area contributed by atoms with Crippen LogP contribution < -0.4 is 4.90 Å². The van der Waals surface area contributed by atoms with Crippen molar-refractivity contribution >= 4 is 38.2 Å². The highest BCUT2D eigenvalue weighted by atomic mass is 35.5. The molecule has 1 fully saturated rings. The second-order valence-corrected chi connectivity index (χ2v) is 8.96. The van der Waals surface area contributed by atoms with Crippen molar-refractivity contribution in [3.8, 4) is 0 Å². The topological polar surface area (TPSA) is 85.3 Å². The third-order valence-corrected chi connectivity index (χ3v) is 6.61. The Bertz CT molecular complexity index is 985. The van der Waals surface area contributed by atoms with Crippen molar-refractivity contribution in [1.29, 1.82) is 0 Å². The van der Waals surface area contributed by atoms with Crippen molar-refractivity contribution < 1.29 is 17.5 Å². The van der Waals surface area contributed by atoms with E-state index in [4.69, 9.17) is 16.3 Å². The predicted octanol–water partition coefficient (Wildman–Crippen LogP) is 2.15. The highest BCUT2D eigenvalue weighted by molar-refractivity contribution is 7.91. The van der Waals surface area contributed by atoms with Crippen LogP contribution in [-0.4, -0.2) is 54.9 Å². The molecular formula is C16H18ClFN4O3S. The summed E-state index contributed by atoms with van der Waals surface area (Å²) >= 11 is 5.95. The normalized spacial score (nSPS) is 20.6. The molecule has 2 aliphatic heterocycles. The van der Waals surface area contributed by atoms with Gasteiger partial charge in [-0.05, 0) is 19.3 Å². The van der Waals surface area contributed by atoms with Crippen LogP contribution in [0.2, 0.25) is 5.15 Å². The monoisotopic (exact) mass is 400 g/mol. The Hall–Kier alpha value is -1.58. The molecule has 4 rings (SSSR count). The molecule has 0 aromatic carbocycles. The van der Waals surface area contributed by atoms with Crippen molar-refractivity contribution in [2.45, 2.75) is 37.4 Å². The predicted molar refractivity (Wildman–Crippen MR) is 94.9 cm³/mol. The first-order valence-corrected chi connectivity index (χ1v) is 10.6. The summed E-state index contributed by atoms with van der Waals surface area (Å²) in [5.41, 5.74) is 0.512. The lowest BCUT2D eigenvalue weighted by Crippen LogP contribution is -2.38. The van der Waals surface area contributed by atoms with Crippen LogP contribution in [0.15, 0.2) is 5.16 Å². The molecule has 0 aliphatic carbocycles. The van der Waals surface area contributed by atoms with E-state index in [1.165, 1.54) is 6.92 Å². The number of nitrogens with zero attached hydrogens (tertiary/aromatic N) is 4. The minimum Gasteiger partial charge on any atom is -0.379 e.